The van der Waals surface area contributed by atoms with Crippen LogP contribution in [0.5, 0.6) is 5.75 Å². The molecule has 142 valence electrons. The molecule has 2 rings (SSSR count). The van der Waals surface area contributed by atoms with Crippen LogP contribution in [0.3, 0.4) is 0 Å². The van der Waals surface area contributed by atoms with E-state index in [1.807, 2.05) is 38.1 Å². The fraction of sp³-hybridized carbons (Fsp3) is 0.250. The molecule has 0 aliphatic carbocycles. The van der Waals surface area contributed by atoms with Crippen molar-refractivity contribution in [3.05, 3.63) is 64.7 Å². The third-order valence-corrected chi connectivity index (χ3v) is 3.71. The molecule has 0 bridgehead atoms. The molecule has 27 heavy (non-hydrogen) atoms. The highest BCUT2D eigenvalue weighted by atomic mass is 35.5. The van der Waals surface area contributed by atoms with Crippen molar-refractivity contribution in [3.8, 4) is 5.75 Å². The zero-order chi connectivity index (χ0) is 19.6. The van der Waals surface area contributed by atoms with Gasteiger partial charge in [0.2, 0.25) is 0 Å². The predicted molar refractivity (Wildman–Crippen MR) is 106 cm³/mol. The van der Waals surface area contributed by atoms with Crippen LogP contribution in [0.15, 0.2) is 53.6 Å². The lowest BCUT2D eigenvalue weighted by atomic mass is 10.2. The molecule has 0 spiro atoms. The van der Waals surface area contributed by atoms with Crippen LogP contribution >= 0.6 is 11.6 Å². The second-order valence-electron chi connectivity index (χ2n) is 6.29. The number of benzene rings is 2. The molecule has 0 unspecified atom stereocenters. The van der Waals surface area contributed by atoms with Crippen molar-refractivity contribution in [2.24, 2.45) is 11.0 Å². The monoisotopic (exact) mass is 387 g/mol. The van der Waals surface area contributed by atoms with Crippen LogP contribution in [0.2, 0.25) is 5.02 Å². The maximum Gasteiger partial charge on any atom is 0.329 e. The molecule has 0 saturated heterocycles. The van der Waals surface area contributed by atoms with E-state index in [1.165, 1.54) is 6.21 Å². The number of carbonyl (C=O) groups excluding carboxylic acids is 2. The summed E-state index contributed by atoms with van der Waals surface area (Å²) in [5.74, 6) is -0.522. The van der Waals surface area contributed by atoms with Crippen molar-refractivity contribution in [1.29, 1.82) is 0 Å². The van der Waals surface area contributed by atoms with E-state index >= 15 is 0 Å². The topological polar surface area (TPSA) is 79.8 Å². The molecule has 2 aromatic carbocycles. The van der Waals surface area contributed by atoms with E-state index in [4.69, 9.17) is 16.3 Å². The Morgan fingerprint density at radius 1 is 1.07 bits per heavy atom. The van der Waals surface area contributed by atoms with Crippen LogP contribution in [-0.2, 0) is 16.2 Å². The Hall–Kier alpha value is -2.86. The summed E-state index contributed by atoms with van der Waals surface area (Å²) in [4.78, 5) is 23.1. The van der Waals surface area contributed by atoms with Gasteiger partial charge in [0.15, 0.2) is 0 Å². The zero-order valence-electron chi connectivity index (χ0n) is 15.2. The van der Waals surface area contributed by atoms with Gasteiger partial charge in [-0.3, -0.25) is 9.59 Å². The summed E-state index contributed by atoms with van der Waals surface area (Å²) in [5.41, 5.74) is 3.97. The molecular weight excluding hydrogens is 366 g/mol. The van der Waals surface area contributed by atoms with Crippen LogP contribution in [0, 0.1) is 5.92 Å². The Bertz CT molecular complexity index is 787. The lowest BCUT2D eigenvalue weighted by Gasteiger charge is -2.07. The minimum Gasteiger partial charge on any atom is -0.489 e. The number of halogens is 1. The molecule has 6 nitrogen and oxygen atoms in total. The van der Waals surface area contributed by atoms with E-state index in [9.17, 15) is 9.59 Å². The molecule has 0 atom stereocenters. The Morgan fingerprint density at radius 2 is 1.74 bits per heavy atom. The van der Waals surface area contributed by atoms with Gasteiger partial charge in [-0.05, 0) is 53.4 Å². The summed E-state index contributed by atoms with van der Waals surface area (Å²) in [7, 11) is 0. The van der Waals surface area contributed by atoms with Gasteiger partial charge < -0.3 is 10.1 Å². The largest absolute Gasteiger partial charge is 0.489 e. The van der Waals surface area contributed by atoms with E-state index in [0.29, 0.717) is 23.9 Å². The Morgan fingerprint density at radius 3 is 2.37 bits per heavy atom. The van der Waals surface area contributed by atoms with Crippen molar-refractivity contribution in [3.63, 3.8) is 0 Å². The van der Waals surface area contributed by atoms with Gasteiger partial charge in [0, 0.05) is 11.6 Å². The lowest BCUT2D eigenvalue weighted by Crippen LogP contribution is -2.39. The molecule has 2 amide bonds. The average molecular weight is 388 g/mol. The summed E-state index contributed by atoms with van der Waals surface area (Å²) >= 11 is 5.85. The molecule has 2 aromatic rings. The van der Waals surface area contributed by atoms with Gasteiger partial charge in [-0.2, -0.15) is 5.10 Å². The second-order valence-corrected chi connectivity index (χ2v) is 6.72. The molecular formula is C20H22ClN3O3. The first-order valence-electron chi connectivity index (χ1n) is 8.52. The Kier molecular flexibility index (Phi) is 7.82. The number of rotatable bonds is 7. The van der Waals surface area contributed by atoms with Crippen molar-refractivity contribution in [2.45, 2.75) is 20.5 Å². The zero-order valence-corrected chi connectivity index (χ0v) is 16.0. The molecule has 2 N–H and O–H groups in total. The van der Waals surface area contributed by atoms with Gasteiger partial charge in [-0.25, -0.2) is 5.43 Å². The molecule has 0 heterocycles. The maximum absolute atomic E-state index is 11.6. The number of hydrogen-bond donors (Lipinski definition) is 2. The highest BCUT2D eigenvalue weighted by Crippen LogP contribution is 2.15. The molecule has 0 aliphatic heterocycles. The minimum atomic E-state index is -0.796. The van der Waals surface area contributed by atoms with Gasteiger partial charge in [0.1, 0.15) is 12.4 Å². The molecule has 0 aromatic heterocycles. The highest BCUT2D eigenvalue weighted by molar-refractivity contribution is 6.35. The SMILES string of the molecule is CC(C)CNC(=O)C(=O)N/N=C\c1ccc(OCc2ccc(Cl)cc2)cc1. The molecule has 0 saturated carbocycles. The third kappa shape index (κ3) is 7.50. The fourth-order valence-electron chi connectivity index (χ4n) is 1.99. The number of amides is 2. The van der Waals surface area contributed by atoms with Crippen LogP contribution in [-0.4, -0.2) is 24.6 Å². The van der Waals surface area contributed by atoms with Gasteiger partial charge in [-0.1, -0.05) is 37.6 Å². The first-order chi connectivity index (χ1) is 12.9. The first kappa shape index (κ1) is 20.5. The van der Waals surface area contributed by atoms with Crippen molar-refractivity contribution < 1.29 is 14.3 Å². The van der Waals surface area contributed by atoms with Crippen molar-refractivity contribution in [2.75, 3.05) is 6.54 Å². The van der Waals surface area contributed by atoms with Crippen molar-refractivity contribution >= 4 is 29.6 Å². The summed E-state index contributed by atoms with van der Waals surface area (Å²) in [5, 5.41) is 6.99. The number of carbonyl (C=O) groups is 2. The smallest absolute Gasteiger partial charge is 0.329 e. The lowest BCUT2D eigenvalue weighted by molar-refractivity contribution is -0.139. The number of hydrazone groups is 1. The molecule has 7 heteroatoms. The van der Waals surface area contributed by atoms with E-state index in [1.54, 1.807) is 24.3 Å². The Labute approximate surface area is 163 Å². The molecule has 0 radical (unpaired) electrons. The standard InChI is InChI=1S/C20H22ClN3O3/c1-14(2)11-22-19(25)20(26)24-23-12-15-5-9-18(10-6-15)27-13-16-3-7-17(21)8-4-16/h3-10,12,14H,11,13H2,1-2H3,(H,22,25)(H,24,26)/b23-12-. The van der Waals surface area contributed by atoms with Crippen LogP contribution in [0.1, 0.15) is 25.0 Å². The third-order valence-electron chi connectivity index (χ3n) is 3.46. The summed E-state index contributed by atoms with van der Waals surface area (Å²) < 4.78 is 5.70. The number of nitrogens with one attached hydrogen (secondary N) is 2. The second kappa shape index (κ2) is 10.3. The molecule has 0 aliphatic rings. The summed E-state index contributed by atoms with van der Waals surface area (Å²) in [6, 6.07) is 14.6. The van der Waals surface area contributed by atoms with Gasteiger partial charge in [-0.15, -0.1) is 0 Å². The summed E-state index contributed by atoms with van der Waals surface area (Å²) in [6.07, 6.45) is 1.45. The van der Waals surface area contributed by atoms with E-state index in [0.717, 1.165) is 11.1 Å². The van der Waals surface area contributed by atoms with Crippen molar-refractivity contribution in [1.82, 2.24) is 10.7 Å². The normalized spacial score (nSPS) is 10.8. The van der Waals surface area contributed by atoms with Gasteiger partial charge >= 0.3 is 11.8 Å². The number of nitrogens with zero attached hydrogens (tertiary/aromatic N) is 1. The van der Waals surface area contributed by atoms with E-state index in [-0.39, 0.29) is 5.92 Å². The van der Waals surface area contributed by atoms with Gasteiger partial charge in [0.05, 0.1) is 6.21 Å². The van der Waals surface area contributed by atoms with Crippen LogP contribution < -0.4 is 15.5 Å². The number of hydrogen-bond acceptors (Lipinski definition) is 4. The predicted octanol–water partition coefficient (Wildman–Crippen LogP) is 3.14. The fourth-order valence-corrected chi connectivity index (χ4v) is 2.12. The van der Waals surface area contributed by atoms with Crippen LogP contribution in [0.25, 0.3) is 0 Å². The quantitative estimate of drug-likeness (QED) is 0.435. The van der Waals surface area contributed by atoms with Crippen LogP contribution in [0.4, 0.5) is 0 Å². The molecule has 0 fully saturated rings. The maximum atomic E-state index is 11.6. The number of ether oxygens (including phenoxy) is 1. The summed E-state index contributed by atoms with van der Waals surface area (Å²) in [6.45, 7) is 4.76. The average Bonchev–Trinajstić information content (AvgIpc) is 2.66. The van der Waals surface area contributed by atoms with E-state index in [2.05, 4.69) is 15.8 Å². The Balaban J connectivity index is 1.79. The van der Waals surface area contributed by atoms with E-state index < -0.39 is 11.8 Å². The highest BCUT2D eigenvalue weighted by Gasteiger charge is 2.11. The van der Waals surface area contributed by atoms with Gasteiger partial charge in [0.25, 0.3) is 0 Å². The first-order valence-corrected chi connectivity index (χ1v) is 8.90. The minimum absolute atomic E-state index is 0.269.